The molecule has 1 heterocycles. The van der Waals surface area contributed by atoms with Crippen LogP contribution >= 0.6 is 0 Å². The number of benzene rings is 3. The van der Waals surface area contributed by atoms with Gasteiger partial charge in [0.1, 0.15) is 5.75 Å². The monoisotopic (exact) mass is 391 g/mol. The summed E-state index contributed by atoms with van der Waals surface area (Å²) in [6, 6.07) is 19.6. The molecule has 1 aliphatic heterocycles. The maximum atomic E-state index is 12.9. The summed E-state index contributed by atoms with van der Waals surface area (Å²) in [7, 11) is 0. The number of rotatable bonds is 4. The number of likely N-dealkylation sites (tertiary alicyclic amines) is 1. The lowest BCUT2D eigenvalue weighted by atomic mass is 9.96. The van der Waals surface area contributed by atoms with Gasteiger partial charge in [-0.3, -0.25) is 4.79 Å². The van der Waals surface area contributed by atoms with Crippen molar-refractivity contribution < 1.29 is 19.7 Å². The fourth-order valence-corrected chi connectivity index (χ4v) is 4.02. The lowest BCUT2D eigenvalue weighted by Crippen LogP contribution is -2.48. The summed E-state index contributed by atoms with van der Waals surface area (Å²) >= 11 is 0. The molecular formula is C24H25NO4. The van der Waals surface area contributed by atoms with Gasteiger partial charge in [0.15, 0.2) is 0 Å². The summed E-state index contributed by atoms with van der Waals surface area (Å²) in [6.45, 7) is 3.05. The standard InChI is InChI=1S/C24H25NO4/c1-2-29-23-9-4-3-7-22(23)21-8-5-6-16-12-17(10-11-20(16)21)24(28)25-14-18(26)13-19(27)15-25/h3-12,18-19,26-27H,2,13-15H2,1H3/t18-,19-/m1/s1. The van der Waals surface area contributed by atoms with E-state index in [9.17, 15) is 15.0 Å². The van der Waals surface area contributed by atoms with E-state index in [1.54, 1.807) is 0 Å². The number of nitrogens with zero attached hydrogens (tertiary/aromatic N) is 1. The first-order chi connectivity index (χ1) is 14.1. The molecule has 150 valence electrons. The highest BCUT2D eigenvalue weighted by Gasteiger charge is 2.28. The SMILES string of the molecule is CCOc1ccccc1-c1cccc2cc(C(=O)N3C[C@H](O)C[C@@H](O)C3)ccc12. The first kappa shape index (κ1) is 19.4. The summed E-state index contributed by atoms with van der Waals surface area (Å²) in [5, 5.41) is 21.8. The molecule has 29 heavy (non-hydrogen) atoms. The minimum atomic E-state index is -0.690. The van der Waals surface area contributed by atoms with E-state index in [1.807, 2.05) is 61.5 Å². The molecular weight excluding hydrogens is 366 g/mol. The zero-order valence-electron chi connectivity index (χ0n) is 16.4. The summed E-state index contributed by atoms with van der Waals surface area (Å²) < 4.78 is 5.79. The Kier molecular flexibility index (Phi) is 5.51. The van der Waals surface area contributed by atoms with Gasteiger partial charge in [-0.1, -0.05) is 42.5 Å². The quantitative estimate of drug-likeness (QED) is 0.715. The van der Waals surface area contributed by atoms with Crippen molar-refractivity contribution in [1.82, 2.24) is 4.90 Å². The molecule has 2 atom stereocenters. The predicted octanol–water partition coefficient (Wildman–Crippen LogP) is 3.47. The Morgan fingerprint density at radius 2 is 1.72 bits per heavy atom. The molecule has 0 aliphatic carbocycles. The molecule has 5 nitrogen and oxygen atoms in total. The van der Waals surface area contributed by atoms with Crippen molar-refractivity contribution in [3.8, 4) is 16.9 Å². The Labute approximate surface area is 170 Å². The van der Waals surface area contributed by atoms with E-state index in [-0.39, 0.29) is 19.0 Å². The van der Waals surface area contributed by atoms with E-state index in [0.29, 0.717) is 18.6 Å². The average Bonchev–Trinajstić information content (AvgIpc) is 2.72. The van der Waals surface area contributed by atoms with E-state index in [0.717, 1.165) is 27.6 Å². The van der Waals surface area contributed by atoms with Crippen molar-refractivity contribution in [2.24, 2.45) is 0 Å². The van der Waals surface area contributed by atoms with Crippen molar-refractivity contribution in [1.29, 1.82) is 0 Å². The molecule has 3 aromatic rings. The fourth-order valence-electron chi connectivity index (χ4n) is 4.02. The van der Waals surface area contributed by atoms with Gasteiger partial charge in [-0.25, -0.2) is 0 Å². The molecule has 1 fully saturated rings. The number of piperidine rings is 1. The highest BCUT2D eigenvalue weighted by Crippen LogP contribution is 2.35. The Hall–Kier alpha value is -2.89. The van der Waals surface area contributed by atoms with Crippen molar-refractivity contribution in [2.75, 3.05) is 19.7 Å². The summed E-state index contributed by atoms with van der Waals surface area (Å²) in [5.41, 5.74) is 2.62. The molecule has 0 radical (unpaired) electrons. The molecule has 5 heteroatoms. The lowest BCUT2D eigenvalue weighted by molar-refractivity contribution is -0.00383. The predicted molar refractivity (Wildman–Crippen MR) is 113 cm³/mol. The van der Waals surface area contributed by atoms with Crippen LogP contribution in [0.2, 0.25) is 0 Å². The molecule has 1 saturated heterocycles. The number of carbonyl (C=O) groups excluding carboxylic acids is 1. The van der Waals surface area contributed by atoms with Gasteiger partial charge in [-0.15, -0.1) is 0 Å². The molecule has 0 unspecified atom stereocenters. The van der Waals surface area contributed by atoms with Crippen LogP contribution in [0.1, 0.15) is 23.7 Å². The van der Waals surface area contributed by atoms with Crippen LogP contribution in [-0.2, 0) is 0 Å². The molecule has 0 bridgehead atoms. The van der Waals surface area contributed by atoms with Crippen LogP contribution in [0.25, 0.3) is 21.9 Å². The maximum absolute atomic E-state index is 12.9. The number of hydrogen-bond acceptors (Lipinski definition) is 4. The number of aliphatic hydroxyl groups is 2. The van der Waals surface area contributed by atoms with Gasteiger partial charge in [0, 0.05) is 30.6 Å². The molecule has 1 amide bonds. The van der Waals surface area contributed by atoms with Crippen LogP contribution in [-0.4, -0.2) is 52.9 Å². The van der Waals surface area contributed by atoms with Crippen LogP contribution < -0.4 is 4.74 Å². The molecule has 0 aromatic heterocycles. The highest BCUT2D eigenvalue weighted by molar-refractivity contribution is 6.03. The molecule has 2 N–H and O–H groups in total. The van der Waals surface area contributed by atoms with E-state index >= 15 is 0 Å². The third kappa shape index (κ3) is 3.97. The van der Waals surface area contributed by atoms with Crippen LogP contribution in [0.3, 0.4) is 0 Å². The number of carbonyl (C=O) groups is 1. The van der Waals surface area contributed by atoms with Crippen LogP contribution in [0, 0.1) is 0 Å². The van der Waals surface area contributed by atoms with E-state index in [2.05, 4.69) is 6.07 Å². The summed E-state index contributed by atoms with van der Waals surface area (Å²) in [5.74, 6) is 0.656. The van der Waals surface area contributed by atoms with Gasteiger partial charge in [0.2, 0.25) is 0 Å². The fraction of sp³-hybridized carbons (Fsp3) is 0.292. The number of hydrogen-bond donors (Lipinski definition) is 2. The second kappa shape index (κ2) is 8.23. The number of para-hydroxylation sites is 1. The zero-order chi connectivity index (χ0) is 20.4. The van der Waals surface area contributed by atoms with Gasteiger partial charge >= 0.3 is 0 Å². The lowest BCUT2D eigenvalue weighted by Gasteiger charge is -2.33. The first-order valence-electron chi connectivity index (χ1n) is 9.97. The number of fused-ring (bicyclic) bond motifs is 1. The van der Waals surface area contributed by atoms with Gasteiger partial charge in [0.05, 0.1) is 18.8 Å². The molecule has 1 aliphatic rings. The van der Waals surface area contributed by atoms with E-state index in [4.69, 9.17) is 4.74 Å². The molecule has 0 spiro atoms. The Morgan fingerprint density at radius 3 is 2.48 bits per heavy atom. The minimum absolute atomic E-state index is 0.176. The Balaban J connectivity index is 1.71. The van der Waals surface area contributed by atoms with Gasteiger partial charge in [0.25, 0.3) is 5.91 Å². The van der Waals surface area contributed by atoms with Crippen molar-refractivity contribution in [2.45, 2.75) is 25.6 Å². The second-order valence-electron chi connectivity index (χ2n) is 7.42. The van der Waals surface area contributed by atoms with Gasteiger partial charge in [-0.05, 0) is 41.5 Å². The normalized spacial score (nSPS) is 19.3. The topological polar surface area (TPSA) is 70.0 Å². The molecule has 4 rings (SSSR count). The minimum Gasteiger partial charge on any atom is -0.493 e. The van der Waals surface area contributed by atoms with Crippen molar-refractivity contribution in [3.05, 3.63) is 66.2 Å². The Bertz CT molecular complexity index is 1020. The number of β-amino-alcohol motifs (C(OH)–C–C–N with tert-alkyl or cyclic N) is 2. The summed E-state index contributed by atoms with van der Waals surface area (Å²) in [4.78, 5) is 14.4. The first-order valence-corrected chi connectivity index (χ1v) is 9.97. The highest BCUT2D eigenvalue weighted by atomic mass is 16.5. The van der Waals surface area contributed by atoms with Gasteiger partial charge < -0.3 is 19.8 Å². The van der Waals surface area contributed by atoms with Crippen molar-refractivity contribution >= 4 is 16.7 Å². The van der Waals surface area contributed by atoms with Crippen molar-refractivity contribution in [3.63, 3.8) is 0 Å². The van der Waals surface area contributed by atoms with E-state index < -0.39 is 12.2 Å². The average molecular weight is 391 g/mol. The van der Waals surface area contributed by atoms with Crippen LogP contribution in [0.4, 0.5) is 0 Å². The number of aliphatic hydroxyl groups excluding tert-OH is 2. The third-order valence-electron chi connectivity index (χ3n) is 5.30. The number of ether oxygens (including phenoxy) is 1. The van der Waals surface area contributed by atoms with E-state index in [1.165, 1.54) is 4.90 Å². The molecule has 0 saturated carbocycles. The second-order valence-corrected chi connectivity index (χ2v) is 7.42. The zero-order valence-corrected chi connectivity index (χ0v) is 16.4. The summed E-state index contributed by atoms with van der Waals surface area (Å²) in [6.07, 6.45) is -1.07. The van der Waals surface area contributed by atoms with Gasteiger partial charge in [-0.2, -0.15) is 0 Å². The smallest absolute Gasteiger partial charge is 0.254 e. The van der Waals surface area contributed by atoms with Crippen LogP contribution in [0.15, 0.2) is 60.7 Å². The molecule has 3 aromatic carbocycles. The number of amides is 1. The maximum Gasteiger partial charge on any atom is 0.254 e. The third-order valence-corrected chi connectivity index (χ3v) is 5.30. The largest absolute Gasteiger partial charge is 0.493 e. The van der Waals surface area contributed by atoms with Crippen LogP contribution in [0.5, 0.6) is 5.75 Å². The Morgan fingerprint density at radius 1 is 1.00 bits per heavy atom.